The zero-order chi connectivity index (χ0) is 21.8. The predicted molar refractivity (Wildman–Crippen MR) is 119 cm³/mol. The minimum atomic E-state index is -3.08. The van der Waals surface area contributed by atoms with E-state index in [4.69, 9.17) is 5.73 Å². The Bertz CT molecular complexity index is 1110. The van der Waals surface area contributed by atoms with Gasteiger partial charge in [0.2, 0.25) is 15.9 Å². The van der Waals surface area contributed by atoms with Gasteiger partial charge in [0, 0.05) is 55.6 Å². The molecule has 2 N–H and O–H groups in total. The van der Waals surface area contributed by atoms with Crippen LogP contribution in [0.1, 0.15) is 35.2 Å². The summed E-state index contributed by atoms with van der Waals surface area (Å²) in [6, 6.07) is 10.9. The third-order valence-electron chi connectivity index (χ3n) is 7.40. The molecule has 0 bridgehead atoms. The normalized spacial score (nSPS) is 27.2. The van der Waals surface area contributed by atoms with E-state index in [2.05, 4.69) is 34.1 Å². The first-order valence-corrected chi connectivity index (χ1v) is 12.7. The minimum absolute atomic E-state index is 0.236. The summed E-state index contributed by atoms with van der Waals surface area (Å²) in [5, 5.41) is 0. The van der Waals surface area contributed by atoms with Gasteiger partial charge in [0.1, 0.15) is 0 Å². The number of carbonyl (C=O) groups is 1. The highest BCUT2D eigenvalue weighted by molar-refractivity contribution is 7.88. The van der Waals surface area contributed by atoms with Crippen molar-refractivity contribution in [3.63, 3.8) is 0 Å². The van der Waals surface area contributed by atoms with E-state index in [0.717, 1.165) is 37.1 Å². The smallest absolute Gasteiger partial charge is 0.250 e. The highest BCUT2D eigenvalue weighted by atomic mass is 32.2. The topological polar surface area (TPSA) is 96.6 Å². The van der Waals surface area contributed by atoms with E-state index in [1.54, 1.807) is 16.6 Å². The molecule has 2 saturated heterocycles. The molecule has 3 heterocycles. The molecule has 164 valence electrons. The zero-order valence-corrected chi connectivity index (χ0v) is 18.5. The maximum absolute atomic E-state index is 11.8. The number of piperidine rings is 2. The number of likely N-dealkylation sites (tertiary alicyclic amines) is 1. The average molecular weight is 441 g/mol. The predicted octanol–water partition coefficient (Wildman–Crippen LogP) is 1.84. The Morgan fingerprint density at radius 1 is 1.13 bits per heavy atom. The molecule has 1 aromatic heterocycles. The molecule has 31 heavy (non-hydrogen) atoms. The lowest BCUT2D eigenvalue weighted by Gasteiger charge is -2.36. The molecule has 0 unspecified atom stereocenters. The van der Waals surface area contributed by atoms with Crippen LogP contribution in [0.15, 0.2) is 42.7 Å². The second-order valence-corrected chi connectivity index (χ2v) is 11.3. The number of aromatic nitrogens is 1. The number of pyridine rings is 1. The summed E-state index contributed by atoms with van der Waals surface area (Å²) in [7, 11) is -3.08. The van der Waals surface area contributed by atoms with E-state index in [1.165, 1.54) is 24.4 Å². The lowest BCUT2D eigenvalue weighted by Crippen LogP contribution is -2.46. The average Bonchev–Trinajstić information content (AvgIpc) is 3.34. The van der Waals surface area contributed by atoms with Crippen LogP contribution >= 0.6 is 0 Å². The first kappa shape index (κ1) is 20.6. The fourth-order valence-electron chi connectivity index (χ4n) is 5.51. The van der Waals surface area contributed by atoms with Crippen molar-refractivity contribution >= 4 is 15.9 Å². The number of benzene rings is 1. The molecule has 8 heteroatoms. The van der Waals surface area contributed by atoms with Crippen molar-refractivity contribution in [2.45, 2.75) is 30.7 Å². The number of fused-ring (bicyclic) bond motifs is 1. The van der Waals surface area contributed by atoms with Gasteiger partial charge < -0.3 is 5.73 Å². The highest BCUT2D eigenvalue weighted by Gasteiger charge is 2.61. The minimum Gasteiger partial charge on any atom is -0.366 e. The van der Waals surface area contributed by atoms with Crippen LogP contribution in [0.3, 0.4) is 0 Å². The molecule has 1 saturated carbocycles. The molecular weight excluding hydrogens is 412 g/mol. The number of hydrogen-bond donors (Lipinski definition) is 1. The highest BCUT2D eigenvalue weighted by Crippen LogP contribution is 2.59. The van der Waals surface area contributed by atoms with Crippen molar-refractivity contribution < 1.29 is 13.2 Å². The molecule has 2 aromatic rings. The molecule has 3 fully saturated rings. The number of nitrogens with two attached hydrogens (primary N) is 1. The van der Waals surface area contributed by atoms with Crippen LogP contribution in [0.4, 0.5) is 0 Å². The molecule has 2 aliphatic heterocycles. The van der Waals surface area contributed by atoms with E-state index in [1.807, 2.05) is 0 Å². The zero-order valence-electron chi connectivity index (χ0n) is 17.7. The number of hydrogen-bond acceptors (Lipinski definition) is 5. The van der Waals surface area contributed by atoms with Crippen molar-refractivity contribution in [3.05, 3.63) is 53.9 Å². The molecule has 1 aromatic carbocycles. The SMILES string of the molecule is CS(=O)(=O)N1CCC(N2C[C@H]3C[C@@]3(c3ccc(-c4cncc(C(N)=O)c4)cc3)C2)CC1. The summed E-state index contributed by atoms with van der Waals surface area (Å²) in [5.41, 5.74) is 9.31. The maximum Gasteiger partial charge on any atom is 0.250 e. The van der Waals surface area contributed by atoms with Gasteiger partial charge in [-0.05, 0) is 42.4 Å². The van der Waals surface area contributed by atoms with Gasteiger partial charge in [-0.15, -0.1) is 0 Å². The Morgan fingerprint density at radius 2 is 1.84 bits per heavy atom. The number of amides is 1. The van der Waals surface area contributed by atoms with Crippen LogP contribution in [-0.4, -0.2) is 67.0 Å². The molecule has 1 aliphatic carbocycles. The summed E-state index contributed by atoms with van der Waals surface area (Å²) in [6.45, 7) is 3.42. The van der Waals surface area contributed by atoms with Gasteiger partial charge in [-0.3, -0.25) is 14.7 Å². The van der Waals surface area contributed by atoms with Crippen LogP contribution in [0, 0.1) is 5.92 Å². The van der Waals surface area contributed by atoms with Crippen molar-refractivity contribution in [1.29, 1.82) is 0 Å². The third-order valence-corrected chi connectivity index (χ3v) is 8.70. The lowest BCUT2D eigenvalue weighted by atomic mass is 9.92. The fourth-order valence-corrected chi connectivity index (χ4v) is 6.39. The summed E-state index contributed by atoms with van der Waals surface area (Å²) in [6.07, 6.45) is 7.60. The monoisotopic (exact) mass is 440 g/mol. The van der Waals surface area contributed by atoms with Crippen LogP contribution in [0.25, 0.3) is 11.1 Å². The van der Waals surface area contributed by atoms with Gasteiger partial charge in [0.25, 0.3) is 0 Å². The molecule has 3 aliphatic rings. The van der Waals surface area contributed by atoms with Gasteiger partial charge in [-0.25, -0.2) is 12.7 Å². The van der Waals surface area contributed by atoms with Crippen molar-refractivity contribution in [1.82, 2.24) is 14.2 Å². The Balaban J connectivity index is 1.27. The van der Waals surface area contributed by atoms with Crippen molar-refractivity contribution in [3.8, 4) is 11.1 Å². The molecule has 7 nitrogen and oxygen atoms in total. The largest absolute Gasteiger partial charge is 0.366 e. The van der Waals surface area contributed by atoms with E-state index < -0.39 is 15.9 Å². The molecule has 5 rings (SSSR count). The Kier molecular flexibility index (Phi) is 4.91. The van der Waals surface area contributed by atoms with Crippen molar-refractivity contribution in [2.24, 2.45) is 11.7 Å². The first-order valence-electron chi connectivity index (χ1n) is 10.8. The summed E-state index contributed by atoms with van der Waals surface area (Å²) in [5.74, 6) is 0.213. The van der Waals surface area contributed by atoms with E-state index in [9.17, 15) is 13.2 Å². The molecule has 0 spiro atoms. The Morgan fingerprint density at radius 3 is 2.48 bits per heavy atom. The van der Waals surface area contributed by atoms with Crippen molar-refractivity contribution in [2.75, 3.05) is 32.4 Å². The van der Waals surface area contributed by atoms with Gasteiger partial charge in [0.15, 0.2) is 0 Å². The Hall–Kier alpha value is -2.29. The summed E-state index contributed by atoms with van der Waals surface area (Å²) in [4.78, 5) is 18.2. The summed E-state index contributed by atoms with van der Waals surface area (Å²) < 4.78 is 25.2. The first-order chi connectivity index (χ1) is 14.8. The van der Waals surface area contributed by atoms with E-state index in [-0.39, 0.29) is 5.41 Å². The van der Waals surface area contributed by atoms with Gasteiger partial charge in [0.05, 0.1) is 11.8 Å². The van der Waals surface area contributed by atoms with Crippen LogP contribution in [-0.2, 0) is 15.4 Å². The number of nitrogens with zero attached hydrogens (tertiary/aromatic N) is 3. The van der Waals surface area contributed by atoms with Crippen LogP contribution < -0.4 is 5.73 Å². The molecule has 2 atom stereocenters. The van der Waals surface area contributed by atoms with Gasteiger partial charge in [-0.2, -0.15) is 0 Å². The number of rotatable bonds is 5. The fraction of sp³-hybridized carbons (Fsp3) is 0.478. The second kappa shape index (κ2) is 7.39. The molecular formula is C23H28N4O3S. The molecule has 1 amide bonds. The van der Waals surface area contributed by atoms with Gasteiger partial charge in [-0.1, -0.05) is 24.3 Å². The molecule has 0 radical (unpaired) electrons. The summed E-state index contributed by atoms with van der Waals surface area (Å²) >= 11 is 0. The maximum atomic E-state index is 11.8. The second-order valence-electron chi connectivity index (χ2n) is 9.28. The number of carbonyl (C=O) groups excluding carboxylic acids is 1. The number of sulfonamides is 1. The lowest BCUT2D eigenvalue weighted by molar-refractivity contribution is 0.1000. The third kappa shape index (κ3) is 3.77. The van der Waals surface area contributed by atoms with Crippen LogP contribution in [0.2, 0.25) is 0 Å². The number of primary amides is 1. The quantitative estimate of drug-likeness (QED) is 0.765. The van der Waals surface area contributed by atoms with E-state index >= 15 is 0 Å². The van der Waals surface area contributed by atoms with Gasteiger partial charge >= 0.3 is 0 Å². The van der Waals surface area contributed by atoms with E-state index in [0.29, 0.717) is 30.6 Å². The van der Waals surface area contributed by atoms with Crippen LogP contribution in [0.5, 0.6) is 0 Å². The Labute approximate surface area is 183 Å². The standard InChI is InChI=1S/C23H28N4O3S/c1-31(29,30)27-8-6-21(7-9-27)26-14-20-11-23(20,15-26)19-4-2-16(3-5-19)17-10-18(22(24)28)13-25-12-17/h2-5,10,12-13,20-21H,6-9,11,14-15H2,1H3,(H2,24,28)/t20-,23+/m1/s1.